The number of hydrogen-bond donors (Lipinski definition) is 2. The van der Waals surface area contributed by atoms with Crippen molar-refractivity contribution in [2.24, 2.45) is 5.73 Å². The molecule has 74 valence electrons. The van der Waals surface area contributed by atoms with Crippen LogP contribution >= 0.6 is 12.2 Å². The Labute approximate surface area is 86.1 Å². The predicted octanol–water partition coefficient (Wildman–Crippen LogP) is 1.56. The fourth-order valence-corrected chi connectivity index (χ4v) is 1.20. The van der Waals surface area contributed by atoms with Gasteiger partial charge in [0.15, 0.2) is 5.11 Å². The molecule has 0 bridgehead atoms. The summed E-state index contributed by atoms with van der Waals surface area (Å²) in [4.78, 5) is 10.1. The molecule has 0 heterocycles. The van der Waals surface area contributed by atoms with Crippen molar-refractivity contribution in [1.82, 2.24) is 0 Å². The summed E-state index contributed by atoms with van der Waals surface area (Å²) in [7, 11) is 0. The van der Waals surface area contributed by atoms with E-state index in [2.05, 4.69) is 17.5 Å². The van der Waals surface area contributed by atoms with Crippen LogP contribution in [-0.2, 0) is 0 Å². The van der Waals surface area contributed by atoms with Crippen molar-refractivity contribution in [2.45, 2.75) is 6.92 Å². The summed E-state index contributed by atoms with van der Waals surface area (Å²) in [6.07, 6.45) is 0. The molecule has 0 radical (unpaired) electrons. The van der Waals surface area contributed by atoms with E-state index < -0.39 is 4.92 Å². The van der Waals surface area contributed by atoms with Crippen LogP contribution in [0.1, 0.15) is 5.56 Å². The molecule has 6 heteroatoms. The van der Waals surface area contributed by atoms with Gasteiger partial charge in [0.2, 0.25) is 0 Å². The van der Waals surface area contributed by atoms with Crippen LogP contribution < -0.4 is 11.1 Å². The van der Waals surface area contributed by atoms with E-state index in [4.69, 9.17) is 5.73 Å². The molecule has 0 saturated carbocycles. The summed E-state index contributed by atoms with van der Waals surface area (Å²) in [6.45, 7) is 1.64. The van der Waals surface area contributed by atoms with Crippen LogP contribution in [-0.4, -0.2) is 10.0 Å². The molecular weight excluding hydrogens is 202 g/mol. The highest BCUT2D eigenvalue weighted by Gasteiger charge is 2.12. The lowest BCUT2D eigenvalue weighted by molar-refractivity contribution is -0.385. The molecule has 3 N–H and O–H groups in total. The van der Waals surface area contributed by atoms with E-state index >= 15 is 0 Å². The Hall–Kier alpha value is -1.69. The van der Waals surface area contributed by atoms with Gasteiger partial charge in [-0.15, -0.1) is 0 Å². The molecule has 0 amide bonds. The Morgan fingerprint density at radius 3 is 2.79 bits per heavy atom. The van der Waals surface area contributed by atoms with E-state index in [0.29, 0.717) is 11.3 Å². The Balaban J connectivity index is 3.13. The zero-order valence-electron chi connectivity index (χ0n) is 7.48. The highest BCUT2D eigenvalue weighted by atomic mass is 32.1. The number of nitrogens with one attached hydrogen (secondary N) is 1. The number of nitro benzene ring substituents is 1. The largest absolute Gasteiger partial charge is 0.376 e. The fraction of sp³-hybridized carbons (Fsp3) is 0.125. The van der Waals surface area contributed by atoms with Crippen molar-refractivity contribution < 1.29 is 4.92 Å². The normalized spacial score (nSPS) is 9.50. The molecule has 1 aromatic carbocycles. The maximum Gasteiger partial charge on any atom is 0.274 e. The monoisotopic (exact) mass is 211 g/mol. The minimum Gasteiger partial charge on any atom is -0.376 e. The van der Waals surface area contributed by atoms with E-state index in [-0.39, 0.29) is 10.8 Å². The standard InChI is InChI=1S/C8H9N3O2S/c1-5-6(10-8(9)14)3-2-4-7(5)11(12)13/h2-4H,1H3,(H3,9,10,14). The van der Waals surface area contributed by atoms with Gasteiger partial charge in [-0.2, -0.15) is 0 Å². The molecule has 0 aromatic heterocycles. The van der Waals surface area contributed by atoms with Crippen LogP contribution in [0.15, 0.2) is 18.2 Å². The molecule has 0 atom stereocenters. The van der Waals surface area contributed by atoms with Gasteiger partial charge in [-0.3, -0.25) is 10.1 Å². The molecule has 1 rings (SSSR count). The molecule has 0 aliphatic heterocycles. The summed E-state index contributed by atoms with van der Waals surface area (Å²) < 4.78 is 0. The van der Waals surface area contributed by atoms with Gasteiger partial charge < -0.3 is 11.1 Å². The second-order valence-electron chi connectivity index (χ2n) is 2.70. The smallest absolute Gasteiger partial charge is 0.274 e. The van der Waals surface area contributed by atoms with Gasteiger partial charge in [0.25, 0.3) is 5.69 Å². The first-order valence-electron chi connectivity index (χ1n) is 3.83. The molecule has 0 unspecified atom stereocenters. The minimum absolute atomic E-state index is 0.0475. The van der Waals surface area contributed by atoms with Crippen molar-refractivity contribution in [1.29, 1.82) is 0 Å². The molecule has 0 aliphatic carbocycles. The zero-order chi connectivity index (χ0) is 10.7. The van der Waals surface area contributed by atoms with Gasteiger partial charge in [-0.25, -0.2) is 0 Å². The first kappa shape index (κ1) is 10.4. The van der Waals surface area contributed by atoms with Gasteiger partial charge in [-0.1, -0.05) is 6.07 Å². The number of thiocarbonyl (C=S) groups is 1. The lowest BCUT2D eigenvalue weighted by Gasteiger charge is -2.06. The third-order valence-corrected chi connectivity index (χ3v) is 1.86. The third kappa shape index (κ3) is 2.17. The van der Waals surface area contributed by atoms with Crippen LogP contribution in [0.5, 0.6) is 0 Å². The van der Waals surface area contributed by atoms with E-state index in [0.717, 1.165) is 0 Å². The van der Waals surface area contributed by atoms with Crippen molar-refractivity contribution in [3.05, 3.63) is 33.9 Å². The predicted molar refractivity (Wildman–Crippen MR) is 58.2 cm³/mol. The highest BCUT2D eigenvalue weighted by Crippen LogP contribution is 2.24. The first-order chi connectivity index (χ1) is 6.52. The molecule has 0 spiro atoms. The van der Waals surface area contributed by atoms with Gasteiger partial charge in [0.05, 0.1) is 10.5 Å². The maximum atomic E-state index is 10.6. The molecule has 0 aliphatic rings. The van der Waals surface area contributed by atoms with Gasteiger partial charge in [-0.05, 0) is 25.2 Å². The number of nitro groups is 1. The lowest BCUT2D eigenvalue weighted by atomic mass is 10.1. The Morgan fingerprint density at radius 2 is 2.29 bits per heavy atom. The lowest BCUT2D eigenvalue weighted by Crippen LogP contribution is -2.19. The number of nitrogens with zero attached hydrogens (tertiary/aromatic N) is 1. The fourth-order valence-electron chi connectivity index (χ4n) is 1.09. The van der Waals surface area contributed by atoms with E-state index in [9.17, 15) is 10.1 Å². The first-order valence-corrected chi connectivity index (χ1v) is 4.23. The number of benzene rings is 1. The van der Waals surface area contributed by atoms with Crippen molar-refractivity contribution in [3.8, 4) is 0 Å². The van der Waals surface area contributed by atoms with E-state index in [1.807, 2.05) is 0 Å². The molecule has 5 nitrogen and oxygen atoms in total. The molecular formula is C8H9N3O2S. The number of anilines is 1. The van der Waals surface area contributed by atoms with Crippen LogP contribution in [0.4, 0.5) is 11.4 Å². The summed E-state index contributed by atoms with van der Waals surface area (Å²) in [5.74, 6) is 0. The highest BCUT2D eigenvalue weighted by molar-refractivity contribution is 7.80. The van der Waals surface area contributed by atoms with Crippen LogP contribution in [0.3, 0.4) is 0 Å². The second-order valence-corrected chi connectivity index (χ2v) is 3.14. The Bertz CT molecular complexity index is 392. The third-order valence-electron chi connectivity index (χ3n) is 1.76. The summed E-state index contributed by atoms with van der Waals surface area (Å²) in [5.41, 5.74) is 6.40. The van der Waals surface area contributed by atoms with Gasteiger partial charge in [0, 0.05) is 11.8 Å². The minimum atomic E-state index is -0.444. The summed E-state index contributed by atoms with van der Waals surface area (Å²) in [5, 5.41) is 13.3. The average Bonchev–Trinajstić information content (AvgIpc) is 2.07. The van der Waals surface area contributed by atoms with Crippen LogP contribution in [0.2, 0.25) is 0 Å². The van der Waals surface area contributed by atoms with Crippen molar-refractivity contribution in [3.63, 3.8) is 0 Å². The Kier molecular flexibility index (Phi) is 2.98. The summed E-state index contributed by atoms with van der Waals surface area (Å²) >= 11 is 4.64. The SMILES string of the molecule is Cc1c(NC(N)=S)cccc1[N+](=O)[O-]. The molecule has 0 saturated heterocycles. The second kappa shape index (κ2) is 4.01. The maximum absolute atomic E-state index is 10.6. The number of nitrogens with two attached hydrogens (primary N) is 1. The number of hydrogen-bond acceptors (Lipinski definition) is 3. The molecule has 1 aromatic rings. The van der Waals surface area contributed by atoms with E-state index in [1.165, 1.54) is 6.07 Å². The molecule has 14 heavy (non-hydrogen) atoms. The van der Waals surface area contributed by atoms with Gasteiger partial charge >= 0.3 is 0 Å². The van der Waals surface area contributed by atoms with Crippen LogP contribution in [0.25, 0.3) is 0 Å². The van der Waals surface area contributed by atoms with E-state index in [1.54, 1.807) is 19.1 Å². The zero-order valence-corrected chi connectivity index (χ0v) is 8.30. The topological polar surface area (TPSA) is 81.2 Å². The van der Waals surface area contributed by atoms with Crippen LogP contribution in [0, 0.1) is 17.0 Å². The Morgan fingerprint density at radius 1 is 1.64 bits per heavy atom. The average molecular weight is 211 g/mol. The van der Waals surface area contributed by atoms with Crippen molar-refractivity contribution >= 4 is 28.7 Å². The van der Waals surface area contributed by atoms with Crippen molar-refractivity contribution in [2.75, 3.05) is 5.32 Å². The molecule has 0 fully saturated rings. The quantitative estimate of drug-likeness (QED) is 0.440. The summed E-state index contributed by atoms with van der Waals surface area (Å²) in [6, 6.07) is 4.69. The van der Waals surface area contributed by atoms with Gasteiger partial charge in [0.1, 0.15) is 0 Å². The number of rotatable bonds is 2.